The Labute approximate surface area is 127 Å². The normalized spacial score (nSPS) is 15.4. The largest absolute Gasteiger partial charge is 0.396 e. The second kappa shape index (κ2) is 6.23. The summed E-state index contributed by atoms with van der Waals surface area (Å²) < 4.78 is 25.9. The molecule has 1 aliphatic rings. The third-order valence-corrected chi connectivity index (χ3v) is 5.72. The highest BCUT2D eigenvalue weighted by atomic mass is 32.2. The van der Waals surface area contributed by atoms with Crippen molar-refractivity contribution in [1.29, 1.82) is 0 Å². The lowest BCUT2D eigenvalue weighted by Crippen LogP contribution is -2.29. The van der Waals surface area contributed by atoms with Crippen LogP contribution in [0.15, 0.2) is 23.1 Å². The maximum absolute atomic E-state index is 12.4. The van der Waals surface area contributed by atoms with Gasteiger partial charge in [-0.2, -0.15) is 0 Å². The molecule has 0 radical (unpaired) electrons. The van der Waals surface area contributed by atoms with Crippen LogP contribution < -0.4 is 10.6 Å². The second-order valence-electron chi connectivity index (χ2n) is 5.75. The minimum absolute atomic E-state index is 0.201. The molecule has 0 amide bonds. The van der Waals surface area contributed by atoms with Gasteiger partial charge in [-0.25, -0.2) is 12.7 Å². The number of hydrogen-bond acceptors (Lipinski definition) is 4. The topological polar surface area (TPSA) is 66.6 Å². The molecule has 118 valence electrons. The number of nitrogen functional groups attached to an aromatic ring is 1. The lowest BCUT2D eigenvalue weighted by atomic mass is 10.2. The summed E-state index contributed by atoms with van der Waals surface area (Å²) in [4.78, 5) is 2.47. The molecule has 1 aromatic carbocycles. The fourth-order valence-corrected chi connectivity index (χ4v) is 3.45. The molecular weight excluding hydrogens is 286 g/mol. The van der Waals surface area contributed by atoms with Crippen molar-refractivity contribution >= 4 is 21.4 Å². The third-order valence-electron chi connectivity index (χ3n) is 3.85. The lowest BCUT2D eigenvalue weighted by molar-refractivity contribution is 0.521. The summed E-state index contributed by atoms with van der Waals surface area (Å²) in [6, 6.07) is 5.80. The molecule has 0 bridgehead atoms. The van der Waals surface area contributed by atoms with Crippen molar-refractivity contribution < 1.29 is 8.42 Å². The zero-order valence-corrected chi connectivity index (χ0v) is 13.9. The Morgan fingerprint density at radius 2 is 1.95 bits per heavy atom. The summed E-state index contributed by atoms with van der Waals surface area (Å²) in [5, 5.41) is 0. The van der Waals surface area contributed by atoms with Crippen molar-refractivity contribution in [3.63, 3.8) is 0 Å². The van der Waals surface area contributed by atoms with Crippen molar-refractivity contribution in [3.8, 4) is 0 Å². The number of sulfonamides is 1. The van der Waals surface area contributed by atoms with Gasteiger partial charge in [0.05, 0.1) is 11.4 Å². The van der Waals surface area contributed by atoms with Crippen LogP contribution in [0.3, 0.4) is 0 Å². The smallest absolute Gasteiger partial charge is 0.244 e. The highest BCUT2D eigenvalue weighted by Gasteiger charge is 2.31. The number of hydrogen-bond donors (Lipinski definition) is 1. The number of unbranched alkanes of at least 4 members (excludes halogenated alkanes) is 1. The quantitative estimate of drug-likeness (QED) is 0.785. The van der Waals surface area contributed by atoms with Gasteiger partial charge in [0.25, 0.3) is 0 Å². The zero-order valence-electron chi connectivity index (χ0n) is 13.0. The number of rotatable bonds is 7. The van der Waals surface area contributed by atoms with E-state index in [-0.39, 0.29) is 4.90 Å². The van der Waals surface area contributed by atoms with Crippen molar-refractivity contribution in [1.82, 2.24) is 4.31 Å². The van der Waals surface area contributed by atoms with E-state index in [0.29, 0.717) is 11.7 Å². The Balaban J connectivity index is 2.41. The first-order valence-corrected chi connectivity index (χ1v) is 8.91. The van der Waals surface area contributed by atoms with Gasteiger partial charge in [0.15, 0.2) is 0 Å². The molecular formula is C15H25N3O2S. The van der Waals surface area contributed by atoms with Crippen LogP contribution in [0.4, 0.5) is 11.4 Å². The summed E-state index contributed by atoms with van der Waals surface area (Å²) >= 11 is 0. The molecule has 1 saturated carbocycles. The lowest BCUT2D eigenvalue weighted by Gasteiger charge is -2.27. The molecule has 1 aromatic rings. The first kappa shape index (κ1) is 16.1. The number of benzene rings is 1. The van der Waals surface area contributed by atoms with Gasteiger partial charge in [-0.1, -0.05) is 19.4 Å². The van der Waals surface area contributed by atoms with E-state index >= 15 is 0 Å². The van der Waals surface area contributed by atoms with Crippen LogP contribution in [-0.4, -0.2) is 39.4 Å². The number of nitrogens with two attached hydrogens (primary N) is 1. The Kier molecular flexibility index (Phi) is 4.78. The molecule has 0 heterocycles. The van der Waals surface area contributed by atoms with E-state index in [1.165, 1.54) is 18.4 Å². The average Bonchev–Trinajstić information content (AvgIpc) is 3.25. The first-order valence-electron chi connectivity index (χ1n) is 7.47. The summed E-state index contributed by atoms with van der Waals surface area (Å²) in [7, 11) is -0.458. The predicted molar refractivity (Wildman–Crippen MR) is 87.0 cm³/mol. The standard InChI is InChI=1S/C15H25N3O2S/c1-4-5-11-18(12-9-10-12)13-7-6-8-14(15(13)16)21(19,20)17(2)3/h6-8,12H,4-5,9-11,16H2,1-3H3. The minimum atomic E-state index is -3.51. The molecule has 0 spiro atoms. The van der Waals surface area contributed by atoms with Crippen LogP contribution in [0, 0.1) is 0 Å². The molecule has 5 nitrogen and oxygen atoms in total. The van der Waals surface area contributed by atoms with Crippen LogP contribution in [0.25, 0.3) is 0 Å². The fourth-order valence-electron chi connectivity index (χ4n) is 2.42. The molecule has 1 aliphatic carbocycles. The number of anilines is 2. The maximum atomic E-state index is 12.4. The molecule has 1 fully saturated rings. The van der Waals surface area contributed by atoms with Gasteiger partial charge in [-0.05, 0) is 31.4 Å². The molecule has 0 saturated heterocycles. The molecule has 2 N–H and O–H groups in total. The molecule has 2 rings (SSSR count). The molecule has 0 aromatic heterocycles. The van der Waals surface area contributed by atoms with E-state index in [9.17, 15) is 8.42 Å². The molecule has 21 heavy (non-hydrogen) atoms. The van der Waals surface area contributed by atoms with E-state index in [1.54, 1.807) is 12.1 Å². The minimum Gasteiger partial charge on any atom is -0.396 e. The van der Waals surface area contributed by atoms with E-state index in [4.69, 9.17) is 5.73 Å². The second-order valence-corrected chi connectivity index (χ2v) is 7.87. The van der Waals surface area contributed by atoms with Crippen molar-refractivity contribution in [2.45, 2.75) is 43.5 Å². The van der Waals surface area contributed by atoms with Gasteiger partial charge in [0.1, 0.15) is 4.90 Å². The SMILES string of the molecule is CCCCN(c1cccc(S(=O)(=O)N(C)C)c1N)C1CC1. The maximum Gasteiger partial charge on any atom is 0.244 e. The number of nitrogens with zero attached hydrogens (tertiary/aromatic N) is 2. The van der Waals surface area contributed by atoms with Crippen molar-refractivity contribution in [2.24, 2.45) is 0 Å². The van der Waals surface area contributed by atoms with Crippen LogP contribution in [0.2, 0.25) is 0 Å². The van der Waals surface area contributed by atoms with Gasteiger partial charge in [-0.3, -0.25) is 0 Å². The van der Waals surface area contributed by atoms with Crippen LogP contribution in [0.1, 0.15) is 32.6 Å². The highest BCUT2D eigenvalue weighted by molar-refractivity contribution is 7.89. The van der Waals surface area contributed by atoms with Crippen LogP contribution in [-0.2, 0) is 10.0 Å². The number of para-hydroxylation sites is 1. The van der Waals surface area contributed by atoms with Gasteiger partial charge in [0, 0.05) is 26.7 Å². The van der Waals surface area contributed by atoms with E-state index in [2.05, 4.69) is 11.8 Å². The molecule has 0 atom stereocenters. The van der Waals surface area contributed by atoms with E-state index in [1.807, 2.05) is 6.07 Å². The molecule has 0 unspecified atom stereocenters. The Morgan fingerprint density at radius 1 is 1.29 bits per heavy atom. The van der Waals surface area contributed by atoms with E-state index in [0.717, 1.165) is 37.9 Å². The van der Waals surface area contributed by atoms with Crippen molar-refractivity contribution in [3.05, 3.63) is 18.2 Å². The van der Waals surface area contributed by atoms with Crippen molar-refractivity contribution in [2.75, 3.05) is 31.3 Å². The monoisotopic (exact) mass is 311 g/mol. The van der Waals surface area contributed by atoms with Crippen LogP contribution in [0.5, 0.6) is 0 Å². The Hall–Kier alpha value is -1.27. The van der Waals surface area contributed by atoms with Gasteiger partial charge >= 0.3 is 0 Å². The zero-order chi connectivity index (χ0) is 15.6. The third kappa shape index (κ3) is 3.32. The summed E-state index contributed by atoms with van der Waals surface area (Å²) in [6.07, 6.45) is 4.51. The van der Waals surface area contributed by atoms with Gasteiger partial charge in [0.2, 0.25) is 10.0 Å². The van der Waals surface area contributed by atoms with Gasteiger partial charge in [-0.15, -0.1) is 0 Å². The highest BCUT2D eigenvalue weighted by Crippen LogP contribution is 2.37. The molecule has 0 aliphatic heterocycles. The molecule has 6 heteroatoms. The first-order chi connectivity index (χ1) is 9.89. The summed E-state index contributed by atoms with van der Waals surface area (Å²) in [5.41, 5.74) is 7.42. The fraction of sp³-hybridized carbons (Fsp3) is 0.600. The summed E-state index contributed by atoms with van der Waals surface area (Å²) in [5.74, 6) is 0. The average molecular weight is 311 g/mol. The summed E-state index contributed by atoms with van der Waals surface area (Å²) in [6.45, 7) is 3.08. The predicted octanol–water partition coefficient (Wildman–Crippen LogP) is 2.29. The Morgan fingerprint density at radius 3 is 2.48 bits per heavy atom. The van der Waals surface area contributed by atoms with Gasteiger partial charge < -0.3 is 10.6 Å². The van der Waals surface area contributed by atoms with Crippen LogP contribution >= 0.6 is 0 Å². The van der Waals surface area contributed by atoms with E-state index < -0.39 is 10.0 Å². The Bertz CT molecular complexity index is 595.